The molecule has 0 unspecified atom stereocenters. The Balaban J connectivity index is 0.000000321. The van der Waals surface area contributed by atoms with Crippen molar-refractivity contribution in [2.24, 2.45) is 11.3 Å². The van der Waals surface area contributed by atoms with Crippen molar-refractivity contribution in [1.29, 1.82) is 0 Å². The molecular formula is C18H29F3N2O4. The van der Waals surface area contributed by atoms with Gasteiger partial charge in [-0.1, -0.05) is 12.8 Å². The molecule has 2 atom stereocenters. The van der Waals surface area contributed by atoms with Crippen LogP contribution in [0.15, 0.2) is 0 Å². The number of nitrogens with zero attached hydrogens (tertiary/aromatic N) is 2. The average Bonchev–Trinajstić information content (AvgIpc) is 3.01. The lowest BCUT2D eigenvalue weighted by atomic mass is 9.81. The zero-order valence-corrected chi connectivity index (χ0v) is 15.9. The number of hydrogen-bond acceptors (Lipinski definition) is 4. The normalized spacial score (nSPS) is 28.1. The van der Waals surface area contributed by atoms with E-state index in [1.54, 1.807) is 19.0 Å². The summed E-state index contributed by atoms with van der Waals surface area (Å²) >= 11 is 0. The molecule has 1 N–H and O–H groups in total. The first-order valence-electron chi connectivity index (χ1n) is 9.37. The molecule has 0 spiro atoms. The summed E-state index contributed by atoms with van der Waals surface area (Å²) in [5.74, 6) is -1.88. The number of aliphatic carboxylic acids is 1. The fourth-order valence-corrected chi connectivity index (χ4v) is 4.19. The number of carboxylic acids is 1. The molecule has 0 aromatic heterocycles. The summed E-state index contributed by atoms with van der Waals surface area (Å²) < 4.78 is 37.5. The Labute approximate surface area is 157 Å². The number of halogens is 3. The van der Waals surface area contributed by atoms with Gasteiger partial charge in [-0.25, -0.2) is 4.79 Å². The van der Waals surface area contributed by atoms with Gasteiger partial charge in [0.25, 0.3) is 0 Å². The van der Waals surface area contributed by atoms with Gasteiger partial charge in [-0.05, 0) is 31.6 Å². The van der Waals surface area contributed by atoms with Crippen LogP contribution in [0, 0.1) is 11.3 Å². The molecule has 9 heteroatoms. The molecule has 1 amide bonds. The van der Waals surface area contributed by atoms with Gasteiger partial charge < -0.3 is 14.7 Å². The molecule has 0 radical (unpaired) electrons. The molecule has 0 aromatic rings. The van der Waals surface area contributed by atoms with E-state index in [1.165, 1.54) is 51.6 Å². The number of alkyl halides is 3. The maximum atomic E-state index is 11.6. The van der Waals surface area contributed by atoms with Crippen LogP contribution in [0.2, 0.25) is 0 Å². The summed E-state index contributed by atoms with van der Waals surface area (Å²) in [5, 5.41) is 7.12. The lowest BCUT2D eigenvalue weighted by Crippen LogP contribution is -2.41. The maximum Gasteiger partial charge on any atom is 0.490 e. The van der Waals surface area contributed by atoms with Gasteiger partial charge in [0.05, 0.1) is 6.61 Å². The molecule has 1 aliphatic heterocycles. The highest BCUT2D eigenvalue weighted by molar-refractivity contribution is 5.76. The zero-order valence-electron chi connectivity index (χ0n) is 15.9. The molecule has 2 aliphatic carbocycles. The fraction of sp³-hybridized carbons (Fsp3) is 0.889. The second-order valence-electron chi connectivity index (χ2n) is 8.05. The molecule has 2 saturated carbocycles. The highest BCUT2D eigenvalue weighted by Gasteiger charge is 2.51. The van der Waals surface area contributed by atoms with Crippen molar-refractivity contribution in [2.45, 2.75) is 50.7 Å². The number of carbonyl (C=O) groups excluding carboxylic acids is 1. The van der Waals surface area contributed by atoms with E-state index >= 15 is 0 Å². The third-order valence-corrected chi connectivity index (χ3v) is 6.01. The number of hydrogen-bond donors (Lipinski definition) is 1. The lowest BCUT2D eigenvalue weighted by molar-refractivity contribution is -0.192. The van der Waals surface area contributed by atoms with E-state index in [4.69, 9.17) is 14.6 Å². The number of likely N-dealkylation sites (N-methyl/N-ethyl adjacent to an activating group) is 1. The van der Waals surface area contributed by atoms with Crippen molar-refractivity contribution < 1.29 is 32.6 Å². The first-order valence-corrected chi connectivity index (χ1v) is 9.37. The van der Waals surface area contributed by atoms with E-state index in [-0.39, 0.29) is 12.5 Å². The molecule has 27 heavy (non-hydrogen) atoms. The van der Waals surface area contributed by atoms with E-state index in [1.807, 2.05) is 0 Å². The van der Waals surface area contributed by atoms with E-state index in [9.17, 15) is 18.0 Å². The van der Waals surface area contributed by atoms with E-state index in [2.05, 4.69) is 4.90 Å². The number of carbonyl (C=O) groups is 2. The van der Waals surface area contributed by atoms with Crippen molar-refractivity contribution in [1.82, 2.24) is 9.80 Å². The van der Waals surface area contributed by atoms with Gasteiger partial charge in [-0.2, -0.15) is 13.2 Å². The van der Waals surface area contributed by atoms with Gasteiger partial charge in [0, 0.05) is 38.6 Å². The van der Waals surface area contributed by atoms with Crippen LogP contribution in [0.5, 0.6) is 0 Å². The van der Waals surface area contributed by atoms with Gasteiger partial charge in [-0.15, -0.1) is 0 Å². The predicted octanol–water partition coefficient (Wildman–Crippen LogP) is 2.38. The fourth-order valence-electron chi connectivity index (χ4n) is 4.19. The number of amides is 1. The number of carboxylic acid groups (broad SMARTS) is 1. The van der Waals surface area contributed by atoms with Crippen LogP contribution in [0.4, 0.5) is 13.2 Å². The topological polar surface area (TPSA) is 70.1 Å². The summed E-state index contributed by atoms with van der Waals surface area (Å²) in [6, 6.07) is 0.848. The third kappa shape index (κ3) is 5.57. The number of fused-ring (bicyclic) bond motifs is 1. The molecule has 3 fully saturated rings. The van der Waals surface area contributed by atoms with Crippen molar-refractivity contribution in [2.75, 3.05) is 40.4 Å². The standard InChI is InChI=1S/C16H28N2O2.C2HF3O2/c1-17(2)15(19)10-20-12-16-8-4-5-13(16)9-18(11-16)14-6-3-7-14;3-2(4,5)1(6)7/h13-14H,3-12H2,1-2H3;(H,6,7)/t13-,16+;/m1./s1. The van der Waals surface area contributed by atoms with Crippen molar-refractivity contribution >= 4 is 11.9 Å². The zero-order chi connectivity index (χ0) is 20.2. The number of ether oxygens (including phenoxy) is 1. The van der Waals surface area contributed by atoms with Crippen molar-refractivity contribution in [3.8, 4) is 0 Å². The maximum absolute atomic E-state index is 11.6. The Morgan fingerprint density at radius 3 is 2.33 bits per heavy atom. The Hall–Kier alpha value is -1.35. The van der Waals surface area contributed by atoms with Crippen LogP contribution in [-0.4, -0.2) is 79.4 Å². The average molecular weight is 394 g/mol. The molecule has 1 saturated heterocycles. The van der Waals surface area contributed by atoms with Crippen LogP contribution in [0.25, 0.3) is 0 Å². The number of rotatable bonds is 5. The first kappa shape index (κ1) is 21.9. The Bertz CT molecular complexity index is 537. The third-order valence-electron chi connectivity index (χ3n) is 6.01. The SMILES string of the molecule is CN(C)C(=O)COC[C@@]12CCC[C@@H]1CN(C1CCC1)C2.O=C(O)C(F)(F)F. The highest BCUT2D eigenvalue weighted by Crippen LogP contribution is 2.50. The minimum atomic E-state index is -5.08. The van der Waals surface area contributed by atoms with Crippen LogP contribution in [-0.2, 0) is 14.3 Å². The number of likely N-dealkylation sites (tertiary alicyclic amines) is 1. The van der Waals surface area contributed by atoms with Gasteiger partial charge in [-0.3, -0.25) is 9.69 Å². The molecule has 3 aliphatic rings. The quantitative estimate of drug-likeness (QED) is 0.775. The minimum Gasteiger partial charge on any atom is -0.475 e. The van der Waals surface area contributed by atoms with Crippen LogP contribution < -0.4 is 0 Å². The Kier molecular flexibility index (Phi) is 7.13. The molecule has 6 nitrogen and oxygen atoms in total. The molecule has 0 bridgehead atoms. The molecule has 156 valence electrons. The molecule has 1 heterocycles. The summed E-state index contributed by atoms with van der Waals surface area (Å²) in [6.07, 6.45) is 3.09. The Morgan fingerprint density at radius 1 is 1.22 bits per heavy atom. The largest absolute Gasteiger partial charge is 0.490 e. The highest BCUT2D eigenvalue weighted by atomic mass is 19.4. The summed E-state index contributed by atoms with van der Waals surface area (Å²) in [7, 11) is 3.58. The second-order valence-corrected chi connectivity index (χ2v) is 8.05. The van der Waals surface area contributed by atoms with E-state index in [0.717, 1.165) is 18.6 Å². The smallest absolute Gasteiger partial charge is 0.475 e. The van der Waals surface area contributed by atoms with Crippen LogP contribution >= 0.6 is 0 Å². The second kappa shape index (κ2) is 8.77. The summed E-state index contributed by atoms with van der Waals surface area (Å²) in [4.78, 5) is 24.8. The predicted molar refractivity (Wildman–Crippen MR) is 92.2 cm³/mol. The van der Waals surface area contributed by atoms with Crippen molar-refractivity contribution in [3.05, 3.63) is 0 Å². The van der Waals surface area contributed by atoms with Gasteiger partial charge in [0.2, 0.25) is 5.91 Å². The summed E-state index contributed by atoms with van der Waals surface area (Å²) in [6.45, 7) is 3.50. The van der Waals surface area contributed by atoms with Gasteiger partial charge in [0.1, 0.15) is 6.61 Å². The van der Waals surface area contributed by atoms with Crippen LogP contribution in [0.3, 0.4) is 0 Å². The molecule has 0 aromatic carbocycles. The minimum absolute atomic E-state index is 0.0739. The molecular weight excluding hydrogens is 365 g/mol. The molecule has 3 rings (SSSR count). The first-order chi connectivity index (χ1) is 12.5. The van der Waals surface area contributed by atoms with Gasteiger partial charge >= 0.3 is 12.1 Å². The monoisotopic (exact) mass is 394 g/mol. The summed E-state index contributed by atoms with van der Waals surface area (Å²) in [5.41, 5.74) is 0.349. The van der Waals surface area contributed by atoms with Gasteiger partial charge in [0.15, 0.2) is 0 Å². The van der Waals surface area contributed by atoms with E-state index < -0.39 is 12.1 Å². The van der Waals surface area contributed by atoms with Crippen molar-refractivity contribution in [3.63, 3.8) is 0 Å². The lowest BCUT2D eigenvalue weighted by Gasteiger charge is -2.36. The van der Waals surface area contributed by atoms with Crippen LogP contribution in [0.1, 0.15) is 38.5 Å². The van der Waals surface area contributed by atoms with E-state index in [0.29, 0.717) is 5.41 Å². The Morgan fingerprint density at radius 2 is 1.85 bits per heavy atom.